The summed E-state index contributed by atoms with van der Waals surface area (Å²) in [7, 11) is 40.1. The van der Waals surface area contributed by atoms with E-state index in [1.54, 1.807) is 0 Å². The van der Waals surface area contributed by atoms with E-state index < -0.39 is 23.8 Å². The van der Waals surface area contributed by atoms with E-state index >= 15 is 0 Å². The molecule has 0 fully saturated rings. The molecule has 10 heavy (non-hydrogen) atoms. The Labute approximate surface area is 97.1 Å². The van der Waals surface area contributed by atoms with Gasteiger partial charge >= 0.3 is 99.1 Å². The van der Waals surface area contributed by atoms with Crippen LogP contribution in [0.4, 0.5) is 0 Å². The first-order valence-electron chi connectivity index (χ1n) is 1.23. The van der Waals surface area contributed by atoms with Gasteiger partial charge < -0.3 is 0 Å². The van der Waals surface area contributed by atoms with Gasteiger partial charge in [-0.25, -0.2) is 0 Å². The van der Waals surface area contributed by atoms with Crippen molar-refractivity contribution in [1.29, 1.82) is 0 Å². The summed E-state index contributed by atoms with van der Waals surface area (Å²) in [6, 6.07) is 0. The molecule has 0 spiro atoms. The van der Waals surface area contributed by atoms with E-state index in [0.717, 1.165) is 0 Å². The van der Waals surface area contributed by atoms with Crippen molar-refractivity contribution in [3.8, 4) is 0 Å². The van der Waals surface area contributed by atoms with E-state index in [0.29, 0.717) is 0 Å². The summed E-state index contributed by atoms with van der Waals surface area (Å²) in [5.41, 5.74) is 0. The predicted octanol–water partition coefficient (Wildman–Crippen LogP) is 5.51. The zero-order valence-corrected chi connectivity index (χ0v) is 13.9. The predicted molar refractivity (Wildman–Crippen MR) is 46.8 cm³/mol. The van der Waals surface area contributed by atoms with Crippen LogP contribution >= 0.6 is 75.3 Å². The van der Waals surface area contributed by atoms with Crippen LogP contribution in [0, 0.1) is 0 Å². The number of hydrogen-bond donors (Lipinski definition) is 0. The molecule has 0 heterocycles. The van der Waals surface area contributed by atoms with E-state index in [4.69, 9.17) is 75.3 Å². The molecule has 0 nitrogen and oxygen atoms in total. The molecule has 0 saturated heterocycles. The van der Waals surface area contributed by atoms with Crippen molar-refractivity contribution >= 4 is 75.3 Å². The molecule has 0 aromatic rings. The van der Waals surface area contributed by atoms with Crippen molar-refractivity contribution < 1.29 is 23.8 Å². The average molecular weight is 476 g/mol. The minimum atomic E-state index is -3.13. The number of rotatable bonds is 0. The van der Waals surface area contributed by atoms with Crippen molar-refractivity contribution in [3.63, 3.8) is 0 Å². The van der Waals surface area contributed by atoms with E-state index in [-0.39, 0.29) is 0 Å². The number of hydrogen-bond acceptors (Lipinski definition) is 0. The molecule has 0 bridgehead atoms. The summed E-state index contributed by atoms with van der Waals surface area (Å²) in [5, 5.41) is 0. The molecule has 0 aromatic heterocycles. The number of halogens is 8. The monoisotopic (exact) mass is 476 g/mol. The zero-order chi connectivity index (χ0) is 9.00. The van der Waals surface area contributed by atoms with Crippen molar-refractivity contribution in [2.75, 3.05) is 0 Å². The molecule has 0 amide bonds. The van der Waals surface area contributed by atoms with Gasteiger partial charge in [0.2, 0.25) is 0 Å². The SMILES string of the molecule is [Cl][Mo]([Cl])([Cl])[Cl].[Cl][Mo]([Cl])([Cl])[Cl]. The third-order valence-corrected chi connectivity index (χ3v) is 0. The molecule has 10 heteroatoms. The summed E-state index contributed by atoms with van der Waals surface area (Å²) in [6.07, 6.45) is 0. The Hall–Kier alpha value is 3.70. The fraction of sp³-hybridized carbons (Fsp3) is 0. The Balaban J connectivity index is 0. The van der Waals surface area contributed by atoms with Crippen LogP contribution in [0.5, 0.6) is 0 Å². The first-order valence-corrected chi connectivity index (χ1v) is 21.9. The average Bonchev–Trinajstić information content (AvgIpc) is 1.12. The topological polar surface area (TPSA) is 0 Å². The van der Waals surface area contributed by atoms with Gasteiger partial charge in [0, 0.05) is 0 Å². The van der Waals surface area contributed by atoms with Gasteiger partial charge in [0.1, 0.15) is 0 Å². The molecule has 0 aliphatic heterocycles. The first kappa shape index (κ1) is 16.1. The second-order valence-electron chi connectivity index (χ2n) is 0.700. The summed E-state index contributed by atoms with van der Waals surface area (Å²) >= 11 is -6.26. The molecule has 0 aliphatic carbocycles. The molecule has 0 aliphatic rings. The van der Waals surface area contributed by atoms with Gasteiger partial charge in [-0.15, -0.1) is 0 Å². The molecule has 0 radical (unpaired) electrons. The fourth-order valence-corrected chi connectivity index (χ4v) is 0. The van der Waals surface area contributed by atoms with Crippen LogP contribution < -0.4 is 0 Å². The maximum absolute atomic E-state index is 5.02. The quantitative estimate of drug-likeness (QED) is 0.406. The summed E-state index contributed by atoms with van der Waals surface area (Å²) < 4.78 is 0. The first-order chi connectivity index (χ1) is 4.00. The third-order valence-electron chi connectivity index (χ3n) is 0. The van der Waals surface area contributed by atoms with Gasteiger partial charge in [0.15, 0.2) is 0 Å². The Kier molecular flexibility index (Phi) is 11.4. The zero-order valence-electron chi connectivity index (χ0n) is 3.84. The van der Waals surface area contributed by atoms with Crippen LogP contribution in [0.15, 0.2) is 0 Å². The van der Waals surface area contributed by atoms with Gasteiger partial charge in [-0.1, -0.05) is 0 Å². The molecular formula is Cl8Mo2. The molecular weight excluding hydrogens is 476 g/mol. The van der Waals surface area contributed by atoms with Gasteiger partial charge in [0.05, 0.1) is 0 Å². The van der Waals surface area contributed by atoms with Crippen LogP contribution in [0.1, 0.15) is 0 Å². The molecule has 0 unspecified atom stereocenters. The summed E-state index contributed by atoms with van der Waals surface area (Å²) in [5.74, 6) is 0. The van der Waals surface area contributed by atoms with Crippen molar-refractivity contribution in [2.24, 2.45) is 0 Å². The van der Waals surface area contributed by atoms with Gasteiger partial charge in [-0.2, -0.15) is 0 Å². The second-order valence-corrected chi connectivity index (χ2v) is 37.3. The van der Waals surface area contributed by atoms with Gasteiger partial charge in [-0.05, 0) is 0 Å². The van der Waals surface area contributed by atoms with Gasteiger partial charge in [-0.3, -0.25) is 0 Å². The Morgan fingerprint density at radius 1 is 0.400 bits per heavy atom. The molecule has 0 N–H and O–H groups in total. The van der Waals surface area contributed by atoms with E-state index in [2.05, 4.69) is 0 Å². The van der Waals surface area contributed by atoms with Crippen LogP contribution in [-0.2, 0) is 23.8 Å². The van der Waals surface area contributed by atoms with Crippen molar-refractivity contribution in [3.05, 3.63) is 0 Å². The van der Waals surface area contributed by atoms with E-state index in [1.165, 1.54) is 0 Å². The molecule has 0 aromatic carbocycles. The normalized spacial score (nSPS) is 15.2. The molecule has 68 valence electrons. The Bertz CT molecular complexity index is 50.2. The molecule has 0 saturated carbocycles. The molecule has 0 atom stereocenters. The Morgan fingerprint density at radius 3 is 0.400 bits per heavy atom. The molecule has 0 rings (SSSR count). The maximum atomic E-state index is 5.02. The minimum absolute atomic E-state index is 3.13. The van der Waals surface area contributed by atoms with E-state index in [9.17, 15) is 0 Å². The van der Waals surface area contributed by atoms with Crippen LogP contribution in [-0.4, -0.2) is 0 Å². The Morgan fingerprint density at radius 2 is 0.400 bits per heavy atom. The second kappa shape index (κ2) is 7.05. The summed E-state index contributed by atoms with van der Waals surface area (Å²) in [6.45, 7) is 0. The standard InChI is InChI=1S/8ClH.2Mo/h8*1H;;/q;;;;;;;;2*+4/p-8. The van der Waals surface area contributed by atoms with Crippen molar-refractivity contribution in [2.45, 2.75) is 0 Å². The third kappa shape index (κ3) is 97.9. The fourth-order valence-electron chi connectivity index (χ4n) is 0. The van der Waals surface area contributed by atoms with Crippen LogP contribution in [0.2, 0.25) is 0 Å². The summed E-state index contributed by atoms with van der Waals surface area (Å²) in [4.78, 5) is 0. The van der Waals surface area contributed by atoms with Crippen molar-refractivity contribution in [1.82, 2.24) is 0 Å². The van der Waals surface area contributed by atoms with Crippen LogP contribution in [0.3, 0.4) is 0 Å². The van der Waals surface area contributed by atoms with Gasteiger partial charge in [0.25, 0.3) is 0 Å². The van der Waals surface area contributed by atoms with E-state index in [1.807, 2.05) is 0 Å². The van der Waals surface area contributed by atoms with Crippen LogP contribution in [0.25, 0.3) is 0 Å².